The number of halogens is 1. The fourth-order valence-electron chi connectivity index (χ4n) is 3.55. The van der Waals surface area contributed by atoms with Crippen LogP contribution in [-0.4, -0.2) is 50.2 Å². The Morgan fingerprint density at radius 1 is 1.23 bits per heavy atom. The summed E-state index contributed by atoms with van der Waals surface area (Å²) in [5, 5.41) is 7.93. The predicted octanol–water partition coefficient (Wildman–Crippen LogP) is 2.25. The van der Waals surface area contributed by atoms with Crippen molar-refractivity contribution >= 4 is 15.7 Å². The number of carbonyl (C=O) groups excluding carboxylic acids is 1. The minimum absolute atomic E-state index is 0.0108. The van der Waals surface area contributed by atoms with Crippen LogP contribution in [0.3, 0.4) is 0 Å². The molecule has 168 valence electrons. The zero-order valence-corrected chi connectivity index (χ0v) is 17.7. The Kier molecular flexibility index (Phi) is 7.26. The molecule has 1 saturated heterocycles. The van der Waals surface area contributed by atoms with Gasteiger partial charge in [-0.25, -0.2) is 18.3 Å². The average molecular weight is 453 g/mol. The summed E-state index contributed by atoms with van der Waals surface area (Å²) in [5.74, 6) is -0.884. The monoisotopic (exact) mass is 453 g/mol. The maximum Gasteiger partial charge on any atom is 0.279 e. The summed E-state index contributed by atoms with van der Waals surface area (Å²) in [6.45, 7) is 1.71. The number of hydrogen-bond donors (Lipinski definition) is 2. The summed E-state index contributed by atoms with van der Waals surface area (Å²) in [6, 6.07) is 11.6. The van der Waals surface area contributed by atoms with E-state index in [2.05, 4.69) is 0 Å². The van der Waals surface area contributed by atoms with Crippen LogP contribution in [0, 0.1) is 5.82 Å². The van der Waals surface area contributed by atoms with Gasteiger partial charge in [-0.15, -0.1) is 0 Å². The molecule has 2 unspecified atom stereocenters. The molecule has 10 heteroatoms. The molecule has 0 aliphatic carbocycles. The molecule has 0 spiro atoms. The molecule has 0 radical (unpaired) electrons. The van der Waals surface area contributed by atoms with Crippen molar-refractivity contribution in [3.05, 3.63) is 59.9 Å². The minimum Gasteiger partial charge on any atom is -0.489 e. The Hall–Kier alpha value is -2.53. The number of rotatable bonds is 8. The topological polar surface area (TPSA) is 111 Å². The minimum atomic E-state index is -4.01. The van der Waals surface area contributed by atoms with Crippen LogP contribution in [0.4, 0.5) is 4.39 Å². The van der Waals surface area contributed by atoms with Gasteiger partial charge >= 0.3 is 0 Å². The number of carbonyl (C=O) groups is 1. The van der Waals surface area contributed by atoms with Crippen molar-refractivity contribution in [1.29, 1.82) is 0 Å². The average Bonchev–Trinajstić information content (AvgIpc) is 2.78. The van der Waals surface area contributed by atoms with Crippen molar-refractivity contribution in [3.8, 4) is 5.75 Å². The molecule has 3 rings (SSSR count). The second kappa shape index (κ2) is 9.73. The summed E-state index contributed by atoms with van der Waals surface area (Å²) in [5.41, 5.74) is 0.405. The number of benzene rings is 2. The second-order valence-electron chi connectivity index (χ2n) is 7.02. The molecule has 8 nitrogen and oxygen atoms in total. The third-order valence-electron chi connectivity index (χ3n) is 5.09. The molecule has 0 saturated carbocycles. The first-order valence-electron chi connectivity index (χ1n) is 9.71. The molecular weight excluding hydrogens is 429 g/mol. The van der Waals surface area contributed by atoms with Crippen LogP contribution >= 0.6 is 0 Å². The van der Waals surface area contributed by atoms with Gasteiger partial charge in [0.05, 0.1) is 11.5 Å². The molecule has 1 amide bonds. The van der Waals surface area contributed by atoms with Gasteiger partial charge in [0, 0.05) is 13.2 Å². The van der Waals surface area contributed by atoms with Crippen molar-refractivity contribution in [1.82, 2.24) is 5.48 Å². The van der Waals surface area contributed by atoms with Crippen molar-refractivity contribution in [3.63, 3.8) is 0 Å². The highest BCUT2D eigenvalue weighted by molar-refractivity contribution is 7.92. The Balaban J connectivity index is 1.81. The molecule has 2 N–H and O–H groups in total. The summed E-state index contributed by atoms with van der Waals surface area (Å²) in [4.78, 5) is 12.4. The van der Waals surface area contributed by atoms with Crippen molar-refractivity contribution in [2.45, 2.75) is 35.7 Å². The van der Waals surface area contributed by atoms with Gasteiger partial charge in [-0.2, -0.15) is 0 Å². The molecule has 0 aromatic heterocycles. The van der Waals surface area contributed by atoms with E-state index in [1.54, 1.807) is 19.1 Å². The van der Waals surface area contributed by atoms with Crippen molar-refractivity contribution in [2.24, 2.45) is 0 Å². The Bertz CT molecular complexity index is 991. The van der Waals surface area contributed by atoms with Crippen LogP contribution in [0.15, 0.2) is 53.4 Å². The molecule has 1 heterocycles. The van der Waals surface area contributed by atoms with Gasteiger partial charge in [-0.3, -0.25) is 10.0 Å². The molecule has 1 aliphatic rings. The molecular formula is C21H24FNO7S. The van der Waals surface area contributed by atoms with Crippen LogP contribution in [-0.2, 0) is 30.7 Å². The number of hydrogen-bond acceptors (Lipinski definition) is 7. The van der Waals surface area contributed by atoms with E-state index in [0.717, 1.165) is 5.56 Å². The zero-order valence-electron chi connectivity index (χ0n) is 16.9. The predicted molar refractivity (Wildman–Crippen MR) is 108 cm³/mol. The largest absolute Gasteiger partial charge is 0.489 e. The Labute approximate surface area is 179 Å². The van der Waals surface area contributed by atoms with Crippen molar-refractivity contribution < 1.29 is 37.0 Å². The lowest BCUT2D eigenvalue weighted by atomic mass is 9.94. The van der Waals surface area contributed by atoms with E-state index >= 15 is 0 Å². The van der Waals surface area contributed by atoms with Gasteiger partial charge in [-0.1, -0.05) is 12.1 Å². The van der Waals surface area contributed by atoms with E-state index in [4.69, 9.17) is 14.2 Å². The first-order chi connectivity index (χ1) is 14.8. The first-order valence-corrected chi connectivity index (χ1v) is 11.3. The Morgan fingerprint density at radius 2 is 1.90 bits per heavy atom. The van der Waals surface area contributed by atoms with Gasteiger partial charge in [0.1, 0.15) is 23.4 Å². The molecule has 31 heavy (non-hydrogen) atoms. The maximum absolute atomic E-state index is 13.3. The highest BCUT2D eigenvalue weighted by Crippen LogP contribution is 2.34. The summed E-state index contributed by atoms with van der Waals surface area (Å²) < 4.78 is 56.2. The quantitative estimate of drug-likeness (QED) is 0.466. The number of amides is 1. The van der Waals surface area contributed by atoms with Crippen LogP contribution < -0.4 is 10.2 Å². The smallest absolute Gasteiger partial charge is 0.279 e. The number of hydroxylamine groups is 1. The number of ether oxygens (including phenoxy) is 3. The van der Waals surface area contributed by atoms with E-state index in [9.17, 15) is 22.8 Å². The van der Waals surface area contributed by atoms with Gasteiger partial charge < -0.3 is 14.2 Å². The van der Waals surface area contributed by atoms with Crippen LogP contribution in [0.5, 0.6) is 5.75 Å². The van der Waals surface area contributed by atoms with Crippen LogP contribution in [0.25, 0.3) is 0 Å². The summed E-state index contributed by atoms with van der Waals surface area (Å²) >= 11 is 0. The van der Waals surface area contributed by atoms with Gasteiger partial charge in [0.2, 0.25) is 0 Å². The van der Waals surface area contributed by atoms with Gasteiger partial charge in [0.25, 0.3) is 5.91 Å². The standard InChI is InChI=1S/C21H24FNO7S/c1-2-30-21(20(24)23-25)14-28-12-11-19(21)31(26,27)18-9-7-17(8-10-18)29-13-15-3-5-16(22)6-4-15/h3-10,19,25H,2,11-14H2,1H3,(H,23,24). The molecule has 2 atom stereocenters. The summed E-state index contributed by atoms with van der Waals surface area (Å²) in [6.07, 6.45) is 0.0264. The maximum atomic E-state index is 13.3. The van der Waals surface area contributed by atoms with E-state index in [0.29, 0.717) is 5.75 Å². The van der Waals surface area contributed by atoms with Crippen LogP contribution in [0.1, 0.15) is 18.9 Å². The van der Waals surface area contributed by atoms with Crippen LogP contribution in [0.2, 0.25) is 0 Å². The lowest BCUT2D eigenvalue weighted by molar-refractivity contribution is -0.172. The molecule has 2 aromatic carbocycles. The third-order valence-corrected chi connectivity index (χ3v) is 7.39. The van der Waals surface area contributed by atoms with E-state index in [1.807, 2.05) is 0 Å². The fourth-order valence-corrected chi connectivity index (χ4v) is 5.54. The first kappa shape index (κ1) is 23.1. The second-order valence-corrected chi connectivity index (χ2v) is 9.16. The third kappa shape index (κ3) is 4.87. The normalized spacial score (nSPS) is 21.5. The van der Waals surface area contributed by atoms with E-state index < -0.39 is 26.6 Å². The number of sulfone groups is 1. The lowest BCUT2D eigenvalue weighted by Crippen LogP contribution is -2.63. The van der Waals surface area contributed by atoms with E-state index in [-0.39, 0.29) is 43.6 Å². The lowest BCUT2D eigenvalue weighted by Gasteiger charge is -2.40. The number of nitrogens with one attached hydrogen (secondary N) is 1. The molecule has 1 aliphatic heterocycles. The highest BCUT2D eigenvalue weighted by Gasteiger charge is 2.55. The van der Waals surface area contributed by atoms with Gasteiger partial charge in [-0.05, 0) is 55.3 Å². The molecule has 2 aromatic rings. The van der Waals surface area contributed by atoms with Crippen molar-refractivity contribution in [2.75, 3.05) is 19.8 Å². The highest BCUT2D eigenvalue weighted by atomic mass is 32.2. The molecule has 0 bridgehead atoms. The zero-order chi connectivity index (χ0) is 22.5. The molecule has 1 fully saturated rings. The Morgan fingerprint density at radius 3 is 2.52 bits per heavy atom. The fraction of sp³-hybridized carbons (Fsp3) is 0.381. The van der Waals surface area contributed by atoms with E-state index in [1.165, 1.54) is 41.9 Å². The van der Waals surface area contributed by atoms with Gasteiger partial charge in [0.15, 0.2) is 15.4 Å². The SMILES string of the molecule is CCOC1(C(=O)NO)COCCC1S(=O)(=O)c1ccc(OCc2ccc(F)cc2)cc1. The summed E-state index contributed by atoms with van der Waals surface area (Å²) in [7, 11) is -4.01.